The molecule has 1 aromatic rings. The Hall–Kier alpha value is -2.43. The van der Waals surface area contributed by atoms with Gasteiger partial charge in [-0.1, -0.05) is 12.1 Å². The number of hydrogen-bond donors (Lipinski definition) is 0. The molecule has 0 bridgehead atoms. The summed E-state index contributed by atoms with van der Waals surface area (Å²) in [5, 5.41) is 13.2. The third-order valence-corrected chi connectivity index (χ3v) is 6.88. The molecule has 0 fully saturated rings. The normalized spacial score (nSPS) is 13.6. The van der Waals surface area contributed by atoms with Gasteiger partial charge in [0.15, 0.2) is 0 Å². The van der Waals surface area contributed by atoms with Crippen molar-refractivity contribution in [2.45, 2.75) is 13.8 Å². The molecule has 1 aromatic carbocycles. The molecular formula is C20H22NO5P. The number of rotatable bonds is 5. The van der Waals surface area contributed by atoms with Crippen molar-refractivity contribution < 1.29 is 23.4 Å². The summed E-state index contributed by atoms with van der Waals surface area (Å²) in [5.74, 6) is -0.890. The van der Waals surface area contributed by atoms with Crippen LogP contribution in [0.4, 0.5) is 0 Å². The van der Waals surface area contributed by atoms with Gasteiger partial charge in [-0.15, -0.1) is 0 Å². The summed E-state index contributed by atoms with van der Waals surface area (Å²) in [4.78, 5) is 11.3. The highest BCUT2D eigenvalue weighted by Gasteiger charge is 2.33. The van der Waals surface area contributed by atoms with Crippen molar-refractivity contribution in [2.75, 3.05) is 26.9 Å². The average Bonchev–Trinajstić information content (AvgIpc) is 2.58. The fourth-order valence-corrected chi connectivity index (χ4v) is 5.42. The van der Waals surface area contributed by atoms with Crippen molar-refractivity contribution >= 4 is 29.6 Å². The Bertz CT molecular complexity index is 1110. The van der Waals surface area contributed by atoms with Gasteiger partial charge >= 0.3 is 0 Å². The smallest absolute Gasteiger partial charge is 0.239 e. The maximum absolute atomic E-state index is 13.7. The molecule has 0 aromatic heterocycles. The van der Waals surface area contributed by atoms with Gasteiger partial charge in [0.05, 0.1) is 30.1 Å². The van der Waals surface area contributed by atoms with Crippen molar-refractivity contribution in [3.05, 3.63) is 47.3 Å². The van der Waals surface area contributed by atoms with Crippen molar-refractivity contribution in [3.63, 3.8) is 0 Å². The molecule has 1 aliphatic carbocycles. The van der Waals surface area contributed by atoms with Gasteiger partial charge < -0.3 is 18.8 Å². The van der Waals surface area contributed by atoms with Gasteiger partial charge in [0, 0.05) is 17.0 Å². The topological polar surface area (TPSA) is 82.6 Å². The molecule has 1 aliphatic heterocycles. The molecular weight excluding hydrogens is 365 g/mol. The number of carbonyl (C=O) groups excluding carboxylic acids is 1. The van der Waals surface area contributed by atoms with Gasteiger partial charge in [-0.05, 0) is 31.5 Å². The number of fused-ring (bicyclic) bond motifs is 2. The summed E-state index contributed by atoms with van der Waals surface area (Å²) in [7, 11) is 0.114. The van der Waals surface area contributed by atoms with Crippen LogP contribution in [-0.4, -0.2) is 32.8 Å². The summed E-state index contributed by atoms with van der Waals surface area (Å²) in [6.07, 6.45) is -0.682. The number of aliphatic carboxylic acids is 1. The molecule has 142 valence electrons. The van der Waals surface area contributed by atoms with Crippen LogP contribution in [0.5, 0.6) is 0 Å². The van der Waals surface area contributed by atoms with E-state index in [-0.39, 0.29) is 6.61 Å². The monoisotopic (exact) mass is 387 g/mol. The fraction of sp³-hybridized carbons (Fsp3) is 0.300. The zero-order valence-electron chi connectivity index (χ0n) is 15.8. The first-order valence-corrected chi connectivity index (χ1v) is 10.5. The predicted octanol–water partition coefficient (Wildman–Crippen LogP) is 1.57. The minimum atomic E-state index is -3.71. The lowest BCUT2D eigenvalue weighted by molar-refractivity contribution is -0.301. The average molecular weight is 387 g/mol. The van der Waals surface area contributed by atoms with Crippen LogP contribution in [0.25, 0.3) is 22.3 Å². The first kappa shape index (κ1) is 19.3. The highest BCUT2D eigenvalue weighted by molar-refractivity contribution is 7.68. The van der Waals surface area contributed by atoms with Gasteiger partial charge in [-0.2, -0.15) is 0 Å². The van der Waals surface area contributed by atoms with Gasteiger partial charge in [0.1, 0.15) is 25.4 Å². The summed E-state index contributed by atoms with van der Waals surface area (Å²) < 4.78 is 27.2. The van der Waals surface area contributed by atoms with E-state index in [1.54, 1.807) is 19.1 Å². The number of benzene rings is 2. The van der Waals surface area contributed by atoms with E-state index < -0.39 is 19.5 Å². The first-order chi connectivity index (χ1) is 12.7. The Morgan fingerprint density at radius 1 is 1.22 bits per heavy atom. The van der Waals surface area contributed by atoms with Crippen LogP contribution in [0.1, 0.15) is 12.5 Å². The maximum atomic E-state index is 13.7. The van der Waals surface area contributed by atoms with Crippen LogP contribution in [0.15, 0.2) is 40.8 Å². The second kappa shape index (κ2) is 7.29. The molecule has 3 rings (SSSR count). The van der Waals surface area contributed by atoms with E-state index in [2.05, 4.69) is 0 Å². The highest BCUT2D eigenvalue weighted by Crippen LogP contribution is 2.50. The largest absolute Gasteiger partial charge is 0.550 e. The first-order valence-electron chi connectivity index (χ1n) is 8.66. The lowest BCUT2D eigenvalue weighted by atomic mass is 10.1. The Kier molecular flexibility index (Phi) is 5.22. The van der Waals surface area contributed by atoms with Crippen molar-refractivity contribution in [1.82, 2.24) is 4.58 Å². The lowest BCUT2D eigenvalue weighted by Gasteiger charge is -2.23. The maximum Gasteiger partial charge on any atom is 0.239 e. The van der Waals surface area contributed by atoms with Crippen molar-refractivity contribution in [1.29, 1.82) is 0 Å². The van der Waals surface area contributed by atoms with Gasteiger partial charge in [0.25, 0.3) is 0 Å². The Morgan fingerprint density at radius 3 is 2.59 bits per heavy atom. The number of hydrogen-bond acceptors (Lipinski definition) is 5. The number of carboxylic acid groups (broad SMARTS) is 1. The Balaban J connectivity index is 2.49. The number of nitrogens with zero attached hydrogens (tertiary/aromatic N) is 1. The second-order valence-corrected chi connectivity index (χ2v) is 9.01. The number of aryl methyl sites for hydroxylation is 1. The summed E-state index contributed by atoms with van der Waals surface area (Å²) in [6.45, 7) is 3.74. The predicted molar refractivity (Wildman–Crippen MR) is 103 cm³/mol. The molecule has 1 heterocycles. The van der Waals surface area contributed by atoms with E-state index in [0.29, 0.717) is 27.6 Å². The SMILES string of the molecule is CCOP(=O)(CC(=O)[O-])c1c2ccc(=[N+](C)C)cc-2oc2cc(C)ccc12. The van der Waals surface area contributed by atoms with Crippen molar-refractivity contribution in [2.24, 2.45) is 0 Å². The van der Waals surface area contributed by atoms with Crippen LogP contribution < -0.4 is 20.3 Å². The fourth-order valence-electron chi connectivity index (χ4n) is 3.18. The van der Waals surface area contributed by atoms with Gasteiger partial charge in [-0.25, -0.2) is 4.58 Å². The van der Waals surface area contributed by atoms with E-state index in [9.17, 15) is 14.5 Å². The number of carboxylic acids is 1. The van der Waals surface area contributed by atoms with E-state index >= 15 is 0 Å². The van der Waals surface area contributed by atoms with E-state index in [4.69, 9.17) is 8.94 Å². The van der Waals surface area contributed by atoms with E-state index in [0.717, 1.165) is 10.9 Å². The van der Waals surface area contributed by atoms with E-state index in [1.165, 1.54) is 0 Å². The summed E-state index contributed by atoms with van der Waals surface area (Å²) >= 11 is 0. The van der Waals surface area contributed by atoms with E-state index in [1.807, 2.05) is 49.9 Å². The standard InChI is InChI=1S/C20H22NO5P/c1-5-25-27(24,12-19(22)23)20-15-8-6-13(2)10-17(15)26-18-11-14(21(3)4)7-9-16(18)20/h6-11H,5,12H2,1-4H3. The molecule has 0 saturated heterocycles. The van der Waals surface area contributed by atoms with Crippen LogP contribution in [0.3, 0.4) is 0 Å². The molecule has 0 amide bonds. The molecule has 27 heavy (non-hydrogen) atoms. The summed E-state index contributed by atoms with van der Waals surface area (Å²) in [6, 6.07) is 11.0. The molecule has 0 N–H and O–H groups in total. The minimum absolute atomic E-state index is 0.126. The molecule has 0 radical (unpaired) electrons. The number of carbonyl (C=O) groups is 1. The molecule has 7 heteroatoms. The van der Waals surface area contributed by atoms with Crippen LogP contribution >= 0.6 is 7.37 Å². The minimum Gasteiger partial charge on any atom is -0.550 e. The molecule has 0 saturated carbocycles. The molecule has 0 spiro atoms. The van der Waals surface area contributed by atoms with Gasteiger partial charge in [-0.3, -0.25) is 4.57 Å². The van der Waals surface area contributed by atoms with Crippen LogP contribution in [0, 0.1) is 6.92 Å². The molecule has 2 aliphatic rings. The van der Waals surface area contributed by atoms with Crippen molar-refractivity contribution in [3.8, 4) is 11.3 Å². The Morgan fingerprint density at radius 2 is 1.96 bits per heavy atom. The third-order valence-electron chi connectivity index (χ3n) is 4.36. The third kappa shape index (κ3) is 3.68. The summed E-state index contributed by atoms with van der Waals surface area (Å²) in [5.41, 5.74) is 2.09. The molecule has 1 atom stereocenters. The Labute approximate surface area is 157 Å². The molecule has 1 unspecified atom stereocenters. The highest BCUT2D eigenvalue weighted by atomic mass is 31.2. The van der Waals surface area contributed by atoms with Crippen LogP contribution in [0.2, 0.25) is 0 Å². The second-order valence-electron chi connectivity index (χ2n) is 6.65. The van der Waals surface area contributed by atoms with Crippen LogP contribution in [-0.2, 0) is 13.9 Å². The molecule has 6 nitrogen and oxygen atoms in total. The zero-order chi connectivity index (χ0) is 19.8. The quantitative estimate of drug-likeness (QED) is 0.377. The lowest BCUT2D eigenvalue weighted by Crippen LogP contribution is -2.30. The zero-order valence-corrected chi connectivity index (χ0v) is 16.7. The van der Waals surface area contributed by atoms with Gasteiger partial charge in [0.2, 0.25) is 12.7 Å².